The first-order valence-corrected chi connectivity index (χ1v) is 10.7. The molecule has 8 heteroatoms. The first-order valence-electron chi connectivity index (χ1n) is 10.7. The molecule has 0 radical (unpaired) electrons. The van der Waals surface area contributed by atoms with Gasteiger partial charge < -0.3 is 10.6 Å². The van der Waals surface area contributed by atoms with Crippen LogP contribution in [0.3, 0.4) is 0 Å². The Morgan fingerprint density at radius 3 is 2.31 bits per heavy atom. The average Bonchev–Trinajstić information content (AvgIpc) is 3.54. The molecule has 0 saturated heterocycles. The van der Waals surface area contributed by atoms with E-state index in [1.807, 2.05) is 6.07 Å². The highest BCUT2D eigenvalue weighted by Gasteiger charge is 2.44. The molecule has 1 aliphatic carbocycles. The van der Waals surface area contributed by atoms with Crippen LogP contribution in [0, 0.1) is 5.82 Å². The fourth-order valence-electron chi connectivity index (χ4n) is 4.05. The van der Waals surface area contributed by atoms with Crippen molar-refractivity contribution in [1.82, 2.24) is 15.5 Å². The number of carbonyl (C=O) groups is 2. The normalized spacial score (nSPS) is 16.4. The molecule has 2 N–H and O–H groups in total. The Balaban J connectivity index is 0.00000289. The van der Waals surface area contributed by atoms with Crippen molar-refractivity contribution < 1.29 is 14.0 Å². The molecule has 0 spiro atoms. The molecule has 170 valence electrons. The van der Waals surface area contributed by atoms with E-state index in [-0.39, 0.29) is 47.0 Å². The van der Waals surface area contributed by atoms with Crippen LogP contribution >= 0.6 is 24.0 Å². The molecule has 1 aliphatic heterocycles. The number of halogens is 2. The molecule has 4 rings (SSSR count). The molecule has 1 saturated carbocycles. The first kappa shape index (κ1) is 24.2. The van der Waals surface area contributed by atoms with Crippen molar-refractivity contribution in [2.75, 3.05) is 26.7 Å². The minimum atomic E-state index is -0.210. The van der Waals surface area contributed by atoms with Gasteiger partial charge in [-0.05, 0) is 55.5 Å². The van der Waals surface area contributed by atoms with Gasteiger partial charge in [0, 0.05) is 32.1 Å². The van der Waals surface area contributed by atoms with Crippen LogP contribution in [0.15, 0.2) is 53.5 Å². The van der Waals surface area contributed by atoms with Gasteiger partial charge >= 0.3 is 0 Å². The van der Waals surface area contributed by atoms with Crippen molar-refractivity contribution >= 4 is 41.8 Å². The van der Waals surface area contributed by atoms with E-state index < -0.39 is 0 Å². The number of amides is 2. The number of nitrogens with zero attached hydrogens (tertiary/aromatic N) is 2. The zero-order valence-electron chi connectivity index (χ0n) is 18.1. The highest BCUT2D eigenvalue weighted by Crippen LogP contribution is 2.47. The van der Waals surface area contributed by atoms with Gasteiger partial charge in [0.15, 0.2) is 5.96 Å². The molecule has 0 atom stereocenters. The van der Waals surface area contributed by atoms with Crippen molar-refractivity contribution in [3.05, 3.63) is 71.0 Å². The van der Waals surface area contributed by atoms with Crippen molar-refractivity contribution in [2.24, 2.45) is 4.99 Å². The van der Waals surface area contributed by atoms with Gasteiger partial charge in [0.1, 0.15) is 5.82 Å². The molecular weight excluding hydrogens is 522 g/mol. The van der Waals surface area contributed by atoms with Gasteiger partial charge in [0.25, 0.3) is 11.8 Å². The van der Waals surface area contributed by atoms with Gasteiger partial charge in [-0.3, -0.25) is 19.5 Å². The minimum absolute atomic E-state index is 0. The topological polar surface area (TPSA) is 73.8 Å². The molecular formula is C24H28FIN4O2. The van der Waals surface area contributed by atoms with Crippen molar-refractivity contribution in [2.45, 2.75) is 31.1 Å². The van der Waals surface area contributed by atoms with Gasteiger partial charge in [-0.25, -0.2) is 4.39 Å². The summed E-state index contributed by atoms with van der Waals surface area (Å²) in [6.07, 6.45) is 3.56. The summed E-state index contributed by atoms with van der Waals surface area (Å²) >= 11 is 0. The lowest BCUT2D eigenvalue weighted by atomic mass is 9.96. The predicted molar refractivity (Wildman–Crippen MR) is 133 cm³/mol. The summed E-state index contributed by atoms with van der Waals surface area (Å²) in [6, 6.07) is 13.8. The van der Waals surface area contributed by atoms with E-state index in [4.69, 9.17) is 0 Å². The Morgan fingerprint density at radius 2 is 1.72 bits per heavy atom. The van der Waals surface area contributed by atoms with E-state index in [9.17, 15) is 14.0 Å². The van der Waals surface area contributed by atoms with E-state index >= 15 is 0 Å². The zero-order chi connectivity index (χ0) is 21.8. The van der Waals surface area contributed by atoms with E-state index in [2.05, 4.69) is 15.6 Å². The largest absolute Gasteiger partial charge is 0.356 e. The Hall–Kier alpha value is -2.49. The second-order valence-corrected chi connectivity index (χ2v) is 8.16. The van der Waals surface area contributed by atoms with Crippen molar-refractivity contribution in [3.8, 4) is 0 Å². The lowest BCUT2D eigenvalue weighted by Gasteiger charge is -2.19. The van der Waals surface area contributed by atoms with E-state index in [1.165, 1.54) is 11.0 Å². The van der Waals surface area contributed by atoms with Gasteiger partial charge in [0.05, 0.1) is 11.1 Å². The number of fused-ring (bicyclic) bond motifs is 1. The van der Waals surface area contributed by atoms with Gasteiger partial charge in [0.2, 0.25) is 0 Å². The first-order chi connectivity index (χ1) is 15.0. The Morgan fingerprint density at radius 1 is 1.03 bits per heavy atom. The molecule has 0 aromatic heterocycles. The summed E-state index contributed by atoms with van der Waals surface area (Å²) in [4.78, 5) is 30.4. The fourth-order valence-corrected chi connectivity index (χ4v) is 4.05. The molecule has 1 fully saturated rings. The van der Waals surface area contributed by atoms with Crippen LogP contribution in [-0.4, -0.2) is 49.4 Å². The minimum Gasteiger partial charge on any atom is -0.356 e. The third-order valence-corrected chi connectivity index (χ3v) is 6.09. The zero-order valence-corrected chi connectivity index (χ0v) is 20.4. The molecule has 32 heavy (non-hydrogen) atoms. The van der Waals surface area contributed by atoms with Crippen LogP contribution < -0.4 is 10.6 Å². The van der Waals surface area contributed by atoms with Crippen LogP contribution in [-0.2, 0) is 5.41 Å². The molecule has 1 heterocycles. The maximum atomic E-state index is 13.6. The second-order valence-electron chi connectivity index (χ2n) is 8.16. The number of rotatable bonds is 8. The maximum absolute atomic E-state index is 13.6. The van der Waals surface area contributed by atoms with E-state index in [0.717, 1.165) is 24.8 Å². The maximum Gasteiger partial charge on any atom is 0.261 e. The van der Waals surface area contributed by atoms with Gasteiger partial charge in [-0.2, -0.15) is 0 Å². The number of unbranched alkanes of at least 4 members (excludes halogenated alkanes) is 1. The fraction of sp³-hybridized carbons (Fsp3) is 0.375. The number of aliphatic imine (C=N–C) groups is 1. The second kappa shape index (κ2) is 10.4. The molecule has 2 aliphatic rings. The van der Waals surface area contributed by atoms with Crippen LogP contribution in [0.1, 0.15) is 52.0 Å². The van der Waals surface area contributed by atoms with E-state index in [0.29, 0.717) is 43.1 Å². The number of carbonyl (C=O) groups excluding carboxylic acids is 2. The highest BCUT2D eigenvalue weighted by molar-refractivity contribution is 14.0. The van der Waals surface area contributed by atoms with Crippen LogP contribution in [0.25, 0.3) is 0 Å². The number of nitrogens with one attached hydrogen (secondary N) is 2. The number of benzene rings is 2. The lowest BCUT2D eigenvalue weighted by Crippen LogP contribution is -2.41. The highest BCUT2D eigenvalue weighted by atomic mass is 127. The number of imide groups is 1. The Kier molecular flexibility index (Phi) is 7.86. The Bertz CT molecular complexity index is 988. The third-order valence-electron chi connectivity index (χ3n) is 6.09. The molecule has 2 aromatic rings. The van der Waals surface area contributed by atoms with E-state index in [1.54, 1.807) is 43.4 Å². The standard InChI is InChI=1S/C24H27FN4O2.HI/c1-26-23(28-16-24(11-12-24)17-7-6-8-18(25)15-17)27-13-4-5-14-29-21(30)19-9-2-3-10-20(19)22(29)31;/h2-3,6-10,15H,4-5,11-14,16H2,1H3,(H2,26,27,28);1H. The molecule has 6 nitrogen and oxygen atoms in total. The van der Waals surface area contributed by atoms with Crippen LogP contribution in [0.4, 0.5) is 4.39 Å². The van der Waals surface area contributed by atoms with Gasteiger partial charge in [-0.1, -0.05) is 24.3 Å². The molecule has 0 bridgehead atoms. The summed E-state index contributed by atoms with van der Waals surface area (Å²) in [7, 11) is 1.72. The third kappa shape index (κ3) is 5.11. The van der Waals surface area contributed by atoms with Crippen molar-refractivity contribution in [3.63, 3.8) is 0 Å². The number of guanidine groups is 1. The summed E-state index contributed by atoms with van der Waals surface area (Å²) in [5.41, 5.74) is 1.98. The monoisotopic (exact) mass is 550 g/mol. The summed E-state index contributed by atoms with van der Waals surface area (Å²) in [5.74, 6) is 0.0731. The Labute approximate surface area is 204 Å². The molecule has 2 amide bonds. The number of hydrogen-bond donors (Lipinski definition) is 2. The summed E-state index contributed by atoms with van der Waals surface area (Å²) < 4.78 is 13.6. The van der Waals surface area contributed by atoms with Crippen LogP contribution in [0.5, 0.6) is 0 Å². The smallest absolute Gasteiger partial charge is 0.261 e. The lowest BCUT2D eigenvalue weighted by molar-refractivity contribution is 0.0652. The average molecular weight is 550 g/mol. The van der Waals surface area contributed by atoms with Gasteiger partial charge in [-0.15, -0.1) is 24.0 Å². The summed E-state index contributed by atoms with van der Waals surface area (Å²) in [5, 5.41) is 6.62. The summed E-state index contributed by atoms with van der Waals surface area (Å²) in [6.45, 7) is 1.78. The van der Waals surface area contributed by atoms with Crippen molar-refractivity contribution in [1.29, 1.82) is 0 Å². The molecule has 2 aromatic carbocycles. The number of hydrogen-bond acceptors (Lipinski definition) is 3. The molecule has 0 unspecified atom stereocenters. The SMILES string of the molecule is CN=C(NCCCCN1C(=O)c2ccccc2C1=O)NCC1(c2cccc(F)c2)CC1.I. The van der Waals surface area contributed by atoms with Crippen LogP contribution in [0.2, 0.25) is 0 Å². The predicted octanol–water partition coefficient (Wildman–Crippen LogP) is 3.72. The quantitative estimate of drug-likeness (QED) is 0.173.